The zero-order valence-electron chi connectivity index (χ0n) is 77.6. The van der Waals surface area contributed by atoms with Crippen LogP contribution in [0.3, 0.4) is 0 Å². The Kier molecular flexibility index (Phi) is 22.7. The lowest BCUT2D eigenvalue weighted by Crippen LogP contribution is -2.31. The minimum Gasteiger partial charge on any atom is -0.201 e. The quantitative estimate of drug-likeness (QED) is 0.103. The van der Waals surface area contributed by atoms with Crippen molar-refractivity contribution < 1.29 is 46.6 Å². The number of nitrogens with zero attached hydrogens (tertiary/aromatic N) is 6. The largest absolute Gasteiger partial charge is 0.212 e. The fourth-order valence-electron chi connectivity index (χ4n) is 11.9. The summed E-state index contributed by atoms with van der Waals surface area (Å²) >= 11 is 0. The molecular weight excluding hydrogens is 1230 g/mol. The van der Waals surface area contributed by atoms with E-state index in [4.69, 9.17) is 19.2 Å². The zero-order valence-corrected chi connectivity index (χ0v) is 63.6. The third kappa shape index (κ3) is 22.6. The minimum atomic E-state index is -2.37. The Hall–Kier alpha value is -9.78. The molecule has 6 aromatic heterocycles. The van der Waals surface area contributed by atoms with Crippen molar-refractivity contribution in [2.45, 2.75) is 142 Å². The average Bonchev–Trinajstić information content (AvgIpc) is 0.773. The Balaban J connectivity index is 0.000000191. The molecule has 2 unspecified atom stereocenters. The fourth-order valence-corrected chi connectivity index (χ4v) is 11.9. The lowest BCUT2D eigenvalue weighted by Gasteiger charge is -2.08. The van der Waals surface area contributed by atoms with Crippen molar-refractivity contribution in [1.82, 2.24) is 0 Å². The van der Waals surface area contributed by atoms with Crippen LogP contribution in [0.4, 0.5) is 0 Å². The molecule has 6 aromatic carbocycles. The molecule has 522 valence electrons. The SMILES string of the molecule is Cc1ccc(-c2cccc[n+]2C)c(C)c1.[2H]C([2H])(C)c1cc[n+](C)c(-c2ccccc2C)c1.[2H]C([2H])([2H])C([2H])(C)c1cc[n+](C)c(-c2ccccc2C)c1.[2H]C([2H])([2H])C([2H])(C)c1ccc(-c2ccccc2C)[n+](C)c1.[2H]C([2H])(c1cc[n+](C)c(-c2ccccc2C)c1)C(C)C.[2H]C([2H])(c1ccc(-c2ccccc2C)[n+](C)c1)C(C)C. The Morgan fingerprint density at radius 3 is 1.10 bits per heavy atom. The van der Waals surface area contributed by atoms with E-state index in [1.54, 1.807) is 25.3 Å². The van der Waals surface area contributed by atoms with Crippen LogP contribution in [-0.4, -0.2) is 0 Å². The summed E-state index contributed by atoms with van der Waals surface area (Å²) in [4.78, 5) is 0. The molecule has 0 radical (unpaired) electrons. The van der Waals surface area contributed by atoms with E-state index < -0.39 is 44.6 Å². The lowest BCUT2D eigenvalue weighted by atomic mass is 9.99. The maximum atomic E-state index is 8.26. The summed E-state index contributed by atoms with van der Waals surface area (Å²) in [6.07, 6.45) is 7.46. The first kappa shape index (κ1) is 60.0. The van der Waals surface area contributed by atoms with Crippen LogP contribution in [0.15, 0.2) is 256 Å². The van der Waals surface area contributed by atoms with Gasteiger partial charge in [-0.1, -0.05) is 171 Å². The number of hydrogen-bond acceptors (Lipinski definition) is 0. The molecule has 0 aliphatic carbocycles. The Labute approximate surface area is 629 Å². The van der Waals surface area contributed by atoms with Gasteiger partial charge in [0.05, 0.1) is 0 Å². The van der Waals surface area contributed by atoms with E-state index >= 15 is 0 Å². The molecule has 6 nitrogen and oxygen atoms in total. The van der Waals surface area contributed by atoms with Crippen LogP contribution >= 0.6 is 0 Å². The first-order valence-corrected chi connectivity index (χ1v) is 34.9. The summed E-state index contributed by atoms with van der Waals surface area (Å²) in [5.41, 5.74) is 25.0. The van der Waals surface area contributed by atoms with Crippen LogP contribution < -0.4 is 27.4 Å². The molecule has 0 spiro atoms. The molecule has 0 saturated heterocycles. The second kappa shape index (κ2) is 38.1. The molecule has 0 aliphatic rings. The summed E-state index contributed by atoms with van der Waals surface area (Å²) in [7, 11) is 11.8. The molecule has 0 bridgehead atoms. The highest BCUT2D eigenvalue weighted by atomic mass is 14.9. The first-order chi connectivity index (χ1) is 53.5. The Morgan fingerprint density at radius 1 is 0.307 bits per heavy atom. The van der Waals surface area contributed by atoms with E-state index in [9.17, 15) is 0 Å². The standard InChI is InChI=1S/2C17H22N.2C16H20N.C15H18N.C14H16N/c1-13(2)11-15-9-10-18(4)17(12-15)16-8-6-5-7-14(16)3;1-13(2)11-15-9-10-17(18(4)12-15)16-8-6-5-7-14(16)3;1-12(2)14-9-10-17(4)16(11-14)15-8-6-5-7-13(15)3;1-12(2)14-9-10-16(17(4)11-14)15-8-6-5-7-13(15)3;1-4-13-9-10-16(3)15(11-13)14-8-6-5-7-12(14)2;1-11-7-8-13(12(2)10-11)14-6-4-5-9-15(14)3/h2*5-10,12-13H,11H2,1-4H3;2*5-12H,1-4H3;5-11H,4H2,1-3H3;4-10H,1-3H3/q6*+1/i2*11D2;2*1D3,12D;4D2;. The van der Waals surface area contributed by atoms with Gasteiger partial charge in [-0.3, -0.25) is 0 Å². The monoisotopic (exact) mass is 1360 g/mol. The molecule has 0 amide bonds. The maximum absolute atomic E-state index is 8.26. The van der Waals surface area contributed by atoms with Gasteiger partial charge >= 0.3 is 0 Å². The molecule has 6 heteroatoms. The van der Waals surface area contributed by atoms with Crippen molar-refractivity contribution in [2.24, 2.45) is 54.1 Å². The van der Waals surface area contributed by atoms with Gasteiger partial charge in [-0.2, -0.15) is 0 Å². The van der Waals surface area contributed by atoms with Gasteiger partial charge in [0.25, 0.3) is 0 Å². The lowest BCUT2D eigenvalue weighted by molar-refractivity contribution is -0.661. The van der Waals surface area contributed by atoms with E-state index in [-0.39, 0.29) is 11.8 Å². The van der Waals surface area contributed by atoms with E-state index in [0.717, 1.165) is 73.0 Å². The summed E-state index contributed by atoms with van der Waals surface area (Å²) in [6.45, 7) is 22.0. The van der Waals surface area contributed by atoms with Crippen molar-refractivity contribution in [3.63, 3.8) is 0 Å². The number of aromatic nitrogens is 6. The smallest absolute Gasteiger partial charge is 0.201 e. The van der Waals surface area contributed by atoms with Crippen LogP contribution in [0, 0.1) is 60.3 Å². The van der Waals surface area contributed by atoms with E-state index in [0.29, 0.717) is 16.7 Å². The van der Waals surface area contributed by atoms with E-state index in [2.05, 4.69) is 119 Å². The van der Waals surface area contributed by atoms with Gasteiger partial charge < -0.3 is 0 Å². The second-order valence-corrected chi connectivity index (χ2v) is 26.8. The number of benzene rings is 6. The number of aryl methyl sites for hydroxylation is 14. The van der Waals surface area contributed by atoms with Crippen molar-refractivity contribution in [3.05, 3.63) is 322 Å². The predicted octanol–water partition coefficient (Wildman–Crippen LogP) is 20.4. The van der Waals surface area contributed by atoms with Gasteiger partial charge in [0.1, 0.15) is 42.3 Å². The molecule has 0 saturated carbocycles. The molecule has 0 aliphatic heterocycles. The molecular formula is C95H118N6+6. The maximum Gasteiger partial charge on any atom is 0.212 e. The molecule has 12 rings (SSSR count). The highest BCUT2D eigenvalue weighted by Gasteiger charge is 2.19. The van der Waals surface area contributed by atoms with Crippen LogP contribution in [0.5, 0.6) is 0 Å². The van der Waals surface area contributed by atoms with Crippen LogP contribution in [0.25, 0.3) is 67.5 Å². The highest BCUT2D eigenvalue weighted by molar-refractivity contribution is 5.65. The summed E-state index contributed by atoms with van der Waals surface area (Å²) in [6, 6.07) is 72.2. The zero-order chi connectivity index (χ0) is 85.7. The van der Waals surface area contributed by atoms with Gasteiger partial charge in [-0.15, -0.1) is 0 Å². The third-order valence-electron chi connectivity index (χ3n) is 17.6. The molecule has 0 fully saturated rings. The van der Waals surface area contributed by atoms with Gasteiger partial charge in [0, 0.05) is 124 Å². The normalized spacial score (nSPS) is 14.6. The van der Waals surface area contributed by atoms with E-state index in [1.165, 1.54) is 58.5 Å². The Bertz CT molecular complexity index is 5300. The summed E-state index contributed by atoms with van der Waals surface area (Å²) < 4.78 is 122. The Morgan fingerprint density at radius 2 is 0.673 bits per heavy atom. The highest BCUT2D eigenvalue weighted by Crippen LogP contribution is 2.28. The second-order valence-electron chi connectivity index (χ2n) is 26.8. The molecule has 2 atom stereocenters. The minimum absolute atomic E-state index is 0.0492. The summed E-state index contributed by atoms with van der Waals surface area (Å²) in [5, 5.41) is 0. The third-order valence-corrected chi connectivity index (χ3v) is 17.6. The van der Waals surface area contributed by atoms with E-state index in [1.807, 2.05) is 264 Å². The van der Waals surface area contributed by atoms with Gasteiger partial charge in [0.15, 0.2) is 37.2 Å². The molecule has 0 N–H and O–H groups in total. The van der Waals surface area contributed by atoms with Crippen molar-refractivity contribution in [2.75, 3.05) is 0 Å². The van der Waals surface area contributed by atoms with Crippen molar-refractivity contribution in [3.8, 4) is 67.5 Å². The first-order valence-electron chi connectivity index (χ1n) is 41.9. The van der Waals surface area contributed by atoms with Gasteiger partial charge in [-0.25, -0.2) is 27.4 Å². The fraction of sp³-hybridized carbons (Fsp3) is 0.305. The molecule has 6 heterocycles. The molecule has 101 heavy (non-hydrogen) atoms. The average molecular weight is 1360 g/mol. The van der Waals surface area contributed by atoms with Crippen LogP contribution in [-0.2, 0) is 61.4 Å². The summed E-state index contributed by atoms with van der Waals surface area (Å²) in [5.74, 6) is -3.35. The van der Waals surface area contributed by atoms with Crippen molar-refractivity contribution in [1.29, 1.82) is 0 Å². The van der Waals surface area contributed by atoms with Gasteiger partial charge in [0.2, 0.25) is 34.2 Å². The number of pyridine rings is 6. The predicted molar refractivity (Wildman–Crippen MR) is 426 cm³/mol. The number of rotatable bonds is 13. The van der Waals surface area contributed by atoms with Crippen molar-refractivity contribution >= 4 is 0 Å². The number of hydrogen-bond donors (Lipinski definition) is 0. The van der Waals surface area contributed by atoms with Crippen LogP contribution in [0.1, 0.15) is 160 Å². The van der Waals surface area contributed by atoms with Crippen LogP contribution in [0.2, 0.25) is 0 Å². The topological polar surface area (TPSA) is 23.3 Å². The molecule has 12 aromatic rings. The van der Waals surface area contributed by atoms with Gasteiger partial charge in [-0.05, 0) is 196 Å².